The fourth-order valence-corrected chi connectivity index (χ4v) is 3.10. The van der Waals surface area contributed by atoms with Crippen LogP contribution < -0.4 is 10.2 Å². The fraction of sp³-hybridized carbons (Fsp3) is 0.625. The molecular formula is C16H20ClF3N4O. The van der Waals surface area contributed by atoms with Gasteiger partial charge in [-0.2, -0.15) is 13.2 Å². The Morgan fingerprint density at radius 1 is 1.28 bits per heavy atom. The van der Waals surface area contributed by atoms with E-state index in [-0.39, 0.29) is 10.9 Å². The Kier molecular flexibility index (Phi) is 5.38. The summed E-state index contributed by atoms with van der Waals surface area (Å²) in [7, 11) is 0. The van der Waals surface area contributed by atoms with Gasteiger partial charge in [-0.15, -0.1) is 0 Å². The number of alkyl halides is 3. The van der Waals surface area contributed by atoms with E-state index in [9.17, 15) is 18.0 Å². The molecule has 0 unspecified atom stereocenters. The van der Waals surface area contributed by atoms with Crippen LogP contribution in [0.2, 0.25) is 5.02 Å². The van der Waals surface area contributed by atoms with Crippen LogP contribution >= 0.6 is 11.6 Å². The van der Waals surface area contributed by atoms with E-state index in [0.29, 0.717) is 51.0 Å². The molecule has 1 aliphatic heterocycles. The van der Waals surface area contributed by atoms with E-state index in [1.807, 2.05) is 4.90 Å². The standard InChI is InChI=1S/C16H20ClF3N4O/c17-13-9-11(16(18,19)20)10-22-15(13)24-7-5-23(6-8-24)14(25)3-4-21-12-1-2-12/h9-10,12,21H,1-8H2. The molecule has 2 aliphatic rings. The highest BCUT2D eigenvalue weighted by Crippen LogP contribution is 2.33. The second-order valence-corrected chi connectivity index (χ2v) is 6.78. The molecule has 3 rings (SSSR count). The second-order valence-electron chi connectivity index (χ2n) is 6.37. The van der Waals surface area contributed by atoms with Crippen LogP contribution in [0.5, 0.6) is 0 Å². The van der Waals surface area contributed by atoms with Crippen LogP contribution in [0.25, 0.3) is 0 Å². The predicted molar refractivity (Wildman–Crippen MR) is 88.7 cm³/mol. The van der Waals surface area contributed by atoms with Crippen molar-refractivity contribution in [1.82, 2.24) is 15.2 Å². The average Bonchev–Trinajstić information content (AvgIpc) is 3.38. The molecule has 1 N–H and O–H groups in total. The van der Waals surface area contributed by atoms with Crippen molar-refractivity contribution in [1.29, 1.82) is 0 Å². The van der Waals surface area contributed by atoms with E-state index in [0.717, 1.165) is 12.3 Å². The number of aromatic nitrogens is 1. The first-order valence-electron chi connectivity index (χ1n) is 8.33. The molecular weight excluding hydrogens is 357 g/mol. The van der Waals surface area contributed by atoms with Crippen molar-refractivity contribution in [3.05, 3.63) is 22.8 Å². The monoisotopic (exact) mass is 376 g/mol. The largest absolute Gasteiger partial charge is 0.417 e. The maximum Gasteiger partial charge on any atom is 0.417 e. The quantitative estimate of drug-likeness (QED) is 0.858. The number of anilines is 1. The van der Waals surface area contributed by atoms with Crippen molar-refractivity contribution in [2.24, 2.45) is 0 Å². The minimum atomic E-state index is -4.46. The summed E-state index contributed by atoms with van der Waals surface area (Å²) in [5.74, 6) is 0.427. The smallest absolute Gasteiger partial charge is 0.352 e. The number of hydrogen-bond acceptors (Lipinski definition) is 4. The van der Waals surface area contributed by atoms with E-state index < -0.39 is 11.7 Å². The first-order chi connectivity index (χ1) is 11.8. The Morgan fingerprint density at radius 2 is 1.96 bits per heavy atom. The summed E-state index contributed by atoms with van der Waals surface area (Å²) in [5.41, 5.74) is -0.863. The molecule has 25 heavy (non-hydrogen) atoms. The van der Waals surface area contributed by atoms with E-state index in [1.54, 1.807) is 4.90 Å². The molecule has 1 aliphatic carbocycles. The number of piperazine rings is 1. The van der Waals surface area contributed by atoms with Gasteiger partial charge in [-0.1, -0.05) is 11.6 Å². The molecule has 0 spiro atoms. The zero-order valence-electron chi connectivity index (χ0n) is 13.7. The maximum absolute atomic E-state index is 12.7. The van der Waals surface area contributed by atoms with Gasteiger partial charge in [-0.3, -0.25) is 4.79 Å². The summed E-state index contributed by atoms with van der Waals surface area (Å²) in [6, 6.07) is 1.47. The highest BCUT2D eigenvalue weighted by atomic mass is 35.5. The second kappa shape index (κ2) is 7.37. The summed E-state index contributed by atoms with van der Waals surface area (Å²) < 4.78 is 38.0. The van der Waals surface area contributed by atoms with Crippen molar-refractivity contribution < 1.29 is 18.0 Å². The van der Waals surface area contributed by atoms with Gasteiger partial charge < -0.3 is 15.1 Å². The Bertz CT molecular complexity index is 628. The molecule has 9 heteroatoms. The van der Waals surface area contributed by atoms with E-state index in [2.05, 4.69) is 10.3 Å². The summed E-state index contributed by atoms with van der Waals surface area (Å²) in [6.45, 7) is 2.72. The minimum absolute atomic E-state index is 0.0248. The van der Waals surface area contributed by atoms with Gasteiger partial charge >= 0.3 is 6.18 Å². The molecule has 138 valence electrons. The summed E-state index contributed by atoms with van der Waals surface area (Å²) in [4.78, 5) is 19.6. The van der Waals surface area contributed by atoms with Gasteiger partial charge in [0.05, 0.1) is 10.6 Å². The highest BCUT2D eigenvalue weighted by molar-refractivity contribution is 6.33. The van der Waals surface area contributed by atoms with E-state index in [1.165, 1.54) is 12.8 Å². The van der Waals surface area contributed by atoms with Crippen LogP contribution in [0, 0.1) is 0 Å². The topological polar surface area (TPSA) is 48.5 Å². The lowest BCUT2D eigenvalue weighted by atomic mass is 10.2. The third kappa shape index (κ3) is 4.76. The first kappa shape index (κ1) is 18.3. The van der Waals surface area contributed by atoms with Crippen LogP contribution in [0.15, 0.2) is 12.3 Å². The molecule has 1 amide bonds. The number of nitrogens with one attached hydrogen (secondary N) is 1. The maximum atomic E-state index is 12.7. The summed E-state index contributed by atoms with van der Waals surface area (Å²) in [6.07, 6.45) is -0.825. The molecule has 0 atom stereocenters. The van der Waals surface area contributed by atoms with Crippen LogP contribution in [0.3, 0.4) is 0 Å². The Hall–Kier alpha value is -1.54. The lowest BCUT2D eigenvalue weighted by Crippen LogP contribution is -2.49. The normalized spacial score (nSPS) is 18.6. The first-order valence-corrected chi connectivity index (χ1v) is 8.71. The number of halogens is 4. The molecule has 5 nitrogen and oxygen atoms in total. The van der Waals surface area contributed by atoms with Gasteiger partial charge in [0.1, 0.15) is 5.82 Å². The fourth-order valence-electron chi connectivity index (χ4n) is 2.81. The Balaban J connectivity index is 1.52. The molecule has 0 radical (unpaired) electrons. The zero-order valence-corrected chi connectivity index (χ0v) is 14.4. The van der Waals surface area contributed by atoms with Gasteiger partial charge in [0.2, 0.25) is 5.91 Å². The minimum Gasteiger partial charge on any atom is -0.352 e. The SMILES string of the molecule is O=C(CCNC1CC1)N1CCN(c2ncc(C(F)(F)F)cc2Cl)CC1. The number of rotatable bonds is 5. The lowest BCUT2D eigenvalue weighted by molar-refractivity contribution is -0.137. The molecule has 0 aromatic carbocycles. The van der Waals surface area contributed by atoms with Crippen LogP contribution in [0.1, 0.15) is 24.8 Å². The molecule has 1 aromatic heterocycles. The zero-order chi connectivity index (χ0) is 18.0. The summed E-state index contributed by atoms with van der Waals surface area (Å²) >= 11 is 5.98. The predicted octanol–water partition coefficient (Wildman–Crippen LogP) is 2.54. The number of carbonyl (C=O) groups is 1. The lowest BCUT2D eigenvalue weighted by Gasteiger charge is -2.36. The summed E-state index contributed by atoms with van der Waals surface area (Å²) in [5, 5.41) is 3.28. The molecule has 0 bridgehead atoms. The number of carbonyl (C=O) groups excluding carboxylic acids is 1. The third-order valence-electron chi connectivity index (χ3n) is 4.43. The molecule has 1 saturated heterocycles. The van der Waals surface area contributed by atoms with E-state index >= 15 is 0 Å². The third-order valence-corrected chi connectivity index (χ3v) is 4.71. The molecule has 2 fully saturated rings. The molecule has 2 heterocycles. The van der Waals surface area contributed by atoms with Gasteiger partial charge in [-0.05, 0) is 18.9 Å². The van der Waals surface area contributed by atoms with Crippen molar-refractivity contribution in [2.75, 3.05) is 37.6 Å². The van der Waals surface area contributed by atoms with Crippen LogP contribution in [-0.2, 0) is 11.0 Å². The van der Waals surface area contributed by atoms with Crippen molar-refractivity contribution in [3.63, 3.8) is 0 Å². The van der Waals surface area contributed by atoms with Gasteiger partial charge in [0, 0.05) is 51.4 Å². The van der Waals surface area contributed by atoms with Gasteiger partial charge in [-0.25, -0.2) is 4.98 Å². The van der Waals surface area contributed by atoms with E-state index in [4.69, 9.17) is 11.6 Å². The Labute approximate surface area is 149 Å². The number of amides is 1. The number of nitrogens with zero attached hydrogens (tertiary/aromatic N) is 3. The van der Waals surface area contributed by atoms with Crippen molar-refractivity contribution in [3.8, 4) is 0 Å². The van der Waals surface area contributed by atoms with Crippen molar-refractivity contribution >= 4 is 23.3 Å². The average molecular weight is 377 g/mol. The van der Waals surface area contributed by atoms with Crippen LogP contribution in [-0.4, -0.2) is 54.6 Å². The highest BCUT2D eigenvalue weighted by Gasteiger charge is 2.32. The number of hydrogen-bond donors (Lipinski definition) is 1. The molecule has 1 aromatic rings. The Morgan fingerprint density at radius 3 is 2.52 bits per heavy atom. The van der Waals surface area contributed by atoms with Gasteiger partial charge in [0.25, 0.3) is 0 Å². The number of pyridine rings is 1. The van der Waals surface area contributed by atoms with Crippen molar-refractivity contribution in [2.45, 2.75) is 31.5 Å². The van der Waals surface area contributed by atoms with Crippen LogP contribution in [0.4, 0.5) is 19.0 Å². The molecule has 1 saturated carbocycles. The van der Waals surface area contributed by atoms with Gasteiger partial charge in [0.15, 0.2) is 0 Å².